The van der Waals surface area contributed by atoms with Gasteiger partial charge in [-0.1, -0.05) is 12.1 Å². The highest BCUT2D eigenvalue weighted by Crippen LogP contribution is 2.32. The van der Waals surface area contributed by atoms with Crippen LogP contribution < -0.4 is 15.5 Å². The van der Waals surface area contributed by atoms with E-state index >= 15 is 0 Å². The molecule has 0 saturated carbocycles. The van der Waals surface area contributed by atoms with E-state index in [2.05, 4.69) is 45.7 Å². The van der Waals surface area contributed by atoms with Gasteiger partial charge in [0.2, 0.25) is 0 Å². The van der Waals surface area contributed by atoms with Gasteiger partial charge in [-0.2, -0.15) is 0 Å². The minimum absolute atomic E-state index is 0.0258. The van der Waals surface area contributed by atoms with E-state index in [9.17, 15) is 18.4 Å². The Kier molecular flexibility index (Phi) is 6.18. The number of likely N-dealkylation sites (tertiary alicyclic amines) is 1. The summed E-state index contributed by atoms with van der Waals surface area (Å²) in [5.74, 6) is -3.83. The number of rotatable bonds is 5. The number of nitrogens with one attached hydrogen (secondary N) is 2. The molecule has 31 heavy (non-hydrogen) atoms. The molecular formula is C23H26F2N4O2. The number of anilines is 2. The summed E-state index contributed by atoms with van der Waals surface area (Å²) in [6.07, 6.45) is 3.21. The Morgan fingerprint density at radius 1 is 1.00 bits per heavy atom. The Morgan fingerprint density at radius 2 is 1.77 bits per heavy atom. The van der Waals surface area contributed by atoms with Gasteiger partial charge in [0.05, 0.1) is 6.04 Å². The first-order chi connectivity index (χ1) is 14.9. The van der Waals surface area contributed by atoms with Crippen LogP contribution in [0.15, 0.2) is 36.4 Å². The molecule has 0 aliphatic carbocycles. The van der Waals surface area contributed by atoms with E-state index < -0.39 is 23.4 Å². The van der Waals surface area contributed by atoms with Crippen molar-refractivity contribution in [1.82, 2.24) is 10.2 Å². The summed E-state index contributed by atoms with van der Waals surface area (Å²) in [5.41, 5.74) is 3.68. The molecule has 6 nitrogen and oxygen atoms in total. The highest BCUT2D eigenvalue weighted by atomic mass is 19.2. The molecule has 2 aromatic carbocycles. The third-order valence-electron chi connectivity index (χ3n) is 6.04. The molecule has 1 atom stereocenters. The molecule has 164 valence electrons. The van der Waals surface area contributed by atoms with Crippen molar-refractivity contribution in [3.05, 3.63) is 59.2 Å². The van der Waals surface area contributed by atoms with Crippen molar-refractivity contribution in [3.8, 4) is 0 Å². The van der Waals surface area contributed by atoms with E-state index in [0.29, 0.717) is 6.54 Å². The van der Waals surface area contributed by atoms with Gasteiger partial charge in [-0.15, -0.1) is 0 Å². The molecule has 8 heteroatoms. The Balaban J connectivity index is 1.43. The molecule has 0 bridgehead atoms. The summed E-state index contributed by atoms with van der Waals surface area (Å²) >= 11 is 0. The molecule has 1 saturated heterocycles. The lowest BCUT2D eigenvalue weighted by atomic mass is 10.0. The monoisotopic (exact) mass is 428 g/mol. The quantitative estimate of drug-likeness (QED) is 0.719. The van der Waals surface area contributed by atoms with Crippen molar-refractivity contribution >= 4 is 23.2 Å². The Hall–Kier alpha value is -3.00. The number of nitrogens with zero attached hydrogens (tertiary/aromatic N) is 2. The van der Waals surface area contributed by atoms with E-state index in [4.69, 9.17) is 0 Å². The van der Waals surface area contributed by atoms with E-state index in [-0.39, 0.29) is 11.7 Å². The number of benzene rings is 2. The maximum Gasteiger partial charge on any atom is 0.313 e. The molecule has 1 fully saturated rings. The molecule has 2 aromatic rings. The van der Waals surface area contributed by atoms with Crippen LogP contribution in [0, 0.1) is 11.6 Å². The van der Waals surface area contributed by atoms with Gasteiger partial charge in [0.1, 0.15) is 0 Å². The lowest BCUT2D eigenvalue weighted by molar-refractivity contribution is -0.136. The average Bonchev–Trinajstić information content (AvgIpc) is 3.41. The number of likely N-dealkylation sites (N-methyl/N-ethyl adjacent to an activating group) is 1. The van der Waals surface area contributed by atoms with Crippen molar-refractivity contribution in [2.24, 2.45) is 0 Å². The van der Waals surface area contributed by atoms with Gasteiger partial charge >= 0.3 is 11.8 Å². The standard InChI is InChI=1S/C23H26F2N4O2/c1-28-11-8-16-12-15(4-7-20(16)28)21(29-9-2-3-10-29)14-26-22(30)23(31)27-17-5-6-18(24)19(25)13-17/h4-7,12-13,21H,2-3,8-11,14H2,1H3,(H,26,30)(H,27,31)/t21-/m1/s1. The van der Waals surface area contributed by atoms with Gasteiger partial charge in [-0.25, -0.2) is 8.78 Å². The van der Waals surface area contributed by atoms with Crippen molar-refractivity contribution in [1.29, 1.82) is 0 Å². The van der Waals surface area contributed by atoms with Crippen LogP contribution in [-0.4, -0.2) is 49.9 Å². The van der Waals surface area contributed by atoms with E-state index in [1.165, 1.54) is 17.3 Å². The predicted octanol–water partition coefficient (Wildman–Crippen LogP) is 2.85. The van der Waals surface area contributed by atoms with E-state index in [1.807, 2.05) is 0 Å². The minimum atomic E-state index is -1.09. The largest absolute Gasteiger partial charge is 0.374 e. The molecule has 0 radical (unpaired) electrons. The number of carbonyl (C=O) groups excluding carboxylic acids is 2. The molecule has 0 aromatic heterocycles. The first-order valence-corrected chi connectivity index (χ1v) is 10.5. The zero-order valence-electron chi connectivity index (χ0n) is 17.5. The van der Waals surface area contributed by atoms with Crippen LogP contribution in [0.3, 0.4) is 0 Å². The number of hydrogen-bond donors (Lipinski definition) is 2. The number of hydrogen-bond acceptors (Lipinski definition) is 4. The maximum absolute atomic E-state index is 13.3. The second kappa shape index (κ2) is 9.01. The van der Waals surface area contributed by atoms with Gasteiger partial charge < -0.3 is 15.5 Å². The second-order valence-electron chi connectivity index (χ2n) is 8.11. The summed E-state index contributed by atoms with van der Waals surface area (Å²) in [7, 11) is 2.08. The van der Waals surface area contributed by atoms with Crippen molar-refractivity contribution < 1.29 is 18.4 Å². The highest BCUT2D eigenvalue weighted by molar-refractivity contribution is 6.39. The van der Waals surface area contributed by atoms with E-state index in [1.54, 1.807) is 0 Å². The van der Waals surface area contributed by atoms with Crippen LogP contribution in [0.5, 0.6) is 0 Å². The maximum atomic E-state index is 13.3. The summed E-state index contributed by atoms with van der Waals surface area (Å²) in [6, 6.07) is 9.34. The molecule has 0 unspecified atom stereocenters. The number of halogens is 2. The van der Waals surface area contributed by atoms with Crippen LogP contribution in [0.1, 0.15) is 30.0 Å². The zero-order valence-corrected chi connectivity index (χ0v) is 17.5. The first kappa shape index (κ1) is 21.2. The van der Waals surface area contributed by atoms with Gasteiger partial charge in [-0.05, 0) is 61.7 Å². The fourth-order valence-electron chi connectivity index (χ4n) is 4.34. The van der Waals surface area contributed by atoms with Crippen molar-refractivity contribution in [3.63, 3.8) is 0 Å². The average molecular weight is 428 g/mol. The highest BCUT2D eigenvalue weighted by Gasteiger charge is 2.27. The van der Waals surface area contributed by atoms with Crippen molar-refractivity contribution in [2.75, 3.05) is 43.4 Å². The topological polar surface area (TPSA) is 64.7 Å². The summed E-state index contributed by atoms with van der Waals surface area (Å²) in [4.78, 5) is 29.1. The zero-order chi connectivity index (χ0) is 22.0. The van der Waals surface area contributed by atoms with Crippen LogP contribution in [0.2, 0.25) is 0 Å². The Morgan fingerprint density at radius 3 is 2.52 bits per heavy atom. The third kappa shape index (κ3) is 4.69. The van der Waals surface area contributed by atoms with Crippen molar-refractivity contribution in [2.45, 2.75) is 25.3 Å². The Bertz CT molecular complexity index is 992. The molecule has 2 amide bonds. The van der Waals surface area contributed by atoms with Crippen LogP contribution in [0.4, 0.5) is 20.2 Å². The fraction of sp³-hybridized carbons (Fsp3) is 0.391. The SMILES string of the molecule is CN1CCc2cc([C@@H](CNC(=O)C(=O)Nc3ccc(F)c(F)c3)N3CCCC3)ccc21. The normalized spacial score (nSPS) is 16.8. The number of carbonyl (C=O) groups is 2. The molecule has 2 aliphatic heterocycles. The van der Waals surface area contributed by atoms with Gasteiger partial charge in [0.25, 0.3) is 0 Å². The summed E-state index contributed by atoms with van der Waals surface area (Å²) in [6.45, 7) is 3.17. The Labute approximate surface area is 180 Å². The third-order valence-corrected chi connectivity index (χ3v) is 6.04. The lowest BCUT2D eigenvalue weighted by Gasteiger charge is -2.28. The van der Waals surface area contributed by atoms with Crippen LogP contribution >= 0.6 is 0 Å². The fourth-order valence-corrected chi connectivity index (χ4v) is 4.34. The molecule has 2 aliphatic rings. The van der Waals surface area contributed by atoms with E-state index in [0.717, 1.165) is 56.6 Å². The molecule has 4 rings (SSSR count). The lowest BCUT2D eigenvalue weighted by Crippen LogP contribution is -2.41. The first-order valence-electron chi connectivity index (χ1n) is 10.5. The summed E-state index contributed by atoms with van der Waals surface area (Å²) in [5, 5.41) is 5.01. The minimum Gasteiger partial charge on any atom is -0.374 e. The molecular weight excluding hydrogens is 402 g/mol. The van der Waals surface area contributed by atoms with Gasteiger partial charge in [-0.3, -0.25) is 14.5 Å². The molecule has 2 N–H and O–H groups in total. The van der Waals surface area contributed by atoms with Crippen LogP contribution in [-0.2, 0) is 16.0 Å². The number of fused-ring (bicyclic) bond motifs is 1. The second-order valence-corrected chi connectivity index (χ2v) is 8.11. The predicted molar refractivity (Wildman–Crippen MR) is 115 cm³/mol. The smallest absolute Gasteiger partial charge is 0.313 e. The summed E-state index contributed by atoms with van der Waals surface area (Å²) < 4.78 is 26.4. The molecule has 0 spiro atoms. The number of amides is 2. The van der Waals surface area contributed by atoms with Gasteiger partial charge in [0, 0.05) is 37.6 Å². The van der Waals surface area contributed by atoms with Gasteiger partial charge in [0.15, 0.2) is 11.6 Å². The van der Waals surface area contributed by atoms with Crippen LogP contribution in [0.25, 0.3) is 0 Å². The molecule has 2 heterocycles.